The fraction of sp³-hybridized carbons (Fsp3) is 0.125. The van der Waals surface area contributed by atoms with Gasteiger partial charge < -0.3 is 5.11 Å². The summed E-state index contributed by atoms with van der Waals surface area (Å²) in [7, 11) is 0.930. The van der Waals surface area contributed by atoms with E-state index in [1.54, 1.807) is 0 Å². The van der Waals surface area contributed by atoms with Crippen LogP contribution in [0.15, 0.2) is 29.2 Å². The Morgan fingerprint density at radius 2 is 2.25 bits per heavy atom. The molecule has 1 aliphatic heterocycles. The van der Waals surface area contributed by atoms with E-state index in [1.807, 2.05) is 24.3 Å². The van der Waals surface area contributed by atoms with Crippen LogP contribution in [0.2, 0.25) is 0 Å². The standard InChI is InChI=1S/C8H6O2S2/c9-8(10)12-5-6-3-1-2-4-7(6)11-12/h1-4H,5H2/p+1. The summed E-state index contributed by atoms with van der Waals surface area (Å²) in [6.07, 6.45) is 0. The van der Waals surface area contributed by atoms with Crippen LogP contribution < -0.4 is 0 Å². The first-order valence-corrected chi connectivity index (χ1v) is 6.20. The largest absolute Gasteiger partial charge is 0.536 e. The summed E-state index contributed by atoms with van der Waals surface area (Å²) < 4.78 is 0. The van der Waals surface area contributed by atoms with Gasteiger partial charge in [0.1, 0.15) is 10.8 Å². The second-order valence-electron chi connectivity index (χ2n) is 2.45. The lowest BCUT2D eigenvalue weighted by atomic mass is 10.2. The topological polar surface area (TPSA) is 37.3 Å². The molecular formula is C8H7O2S2+. The Kier molecular flexibility index (Phi) is 2.02. The summed E-state index contributed by atoms with van der Waals surface area (Å²) in [5.41, 5.74) is 1.17. The molecule has 0 aliphatic carbocycles. The van der Waals surface area contributed by atoms with Gasteiger partial charge in [-0.1, -0.05) is 18.2 Å². The Morgan fingerprint density at radius 3 is 2.92 bits per heavy atom. The molecule has 1 N–H and O–H groups in total. The van der Waals surface area contributed by atoms with Gasteiger partial charge in [-0.2, -0.15) is 4.79 Å². The van der Waals surface area contributed by atoms with Gasteiger partial charge in [-0.25, -0.2) is 0 Å². The van der Waals surface area contributed by atoms with Crippen molar-refractivity contribution in [2.75, 3.05) is 0 Å². The highest BCUT2D eigenvalue weighted by molar-refractivity contribution is 8.79. The molecule has 4 heteroatoms. The number of carbonyl (C=O) groups is 1. The number of carboxylic acid groups (broad SMARTS) is 1. The fourth-order valence-electron chi connectivity index (χ4n) is 1.08. The highest BCUT2D eigenvalue weighted by Gasteiger charge is 2.39. The minimum absolute atomic E-state index is 0.542. The molecule has 1 aromatic rings. The van der Waals surface area contributed by atoms with Crippen molar-refractivity contribution >= 4 is 26.0 Å². The molecule has 0 amide bonds. The van der Waals surface area contributed by atoms with E-state index >= 15 is 0 Å². The van der Waals surface area contributed by atoms with E-state index < -0.39 is 15.2 Å². The molecule has 0 saturated heterocycles. The van der Waals surface area contributed by atoms with Gasteiger partial charge in [-0.15, -0.1) is 0 Å². The van der Waals surface area contributed by atoms with Crippen LogP contribution in [0.1, 0.15) is 5.56 Å². The van der Waals surface area contributed by atoms with Gasteiger partial charge in [-0.05, 0) is 6.07 Å². The van der Waals surface area contributed by atoms with Crippen LogP contribution in [0.5, 0.6) is 0 Å². The first-order valence-electron chi connectivity index (χ1n) is 3.47. The van der Waals surface area contributed by atoms with Gasteiger partial charge in [0.2, 0.25) is 0 Å². The molecule has 1 unspecified atom stereocenters. The molecule has 62 valence electrons. The van der Waals surface area contributed by atoms with Crippen LogP contribution in [0.25, 0.3) is 0 Å². The van der Waals surface area contributed by atoms with E-state index in [-0.39, 0.29) is 0 Å². The minimum Gasteiger partial charge on any atom is -0.440 e. The summed E-state index contributed by atoms with van der Waals surface area (Å²) in [4.78, 5) is 11.8. The van der Waals surface area contributed by atoms with Crippen LogP contribution in [0.3, 0.4) is 0 Å². The van der Waals surface area contributed by atoms with Crippen molar-refractivity contribution in [3.8, 4) is 0 Å². The smallest absolute Gasteiger partial charge is 0.440 e. The van der Waals surface area contributed by atoms with Crippen molar-refractivity contribution < 1.29 is 9.90 Å². The predicted molar refractivity (Wildman–Crippen MR) is 51.4 cm³/mol. The van der Waals surface area contributed by atoms with E-state index in [1.165, 1.54) is 16.4 Å². The van der Waals surface area contributed by atoms with Gasteiger partial charge in [-0.3, -0.25) is 0 Å². The lowest BCUT2D eigenvalue weighted by molar-refractivity contribution is 0.222. The van der Waals surface area contributed by atoms with Crippen LogP contribution in [-0.2, 0) is 15.7 Å². The molecular weight excluding hydrogens is 192 g/mol. The van der Waals surface area contributed by atoms with E-state index in [2.05, 4.69) is 0 Å². The molecule has 1 aliphatic rings. The molecule has 12 heavy (non-hydrogen) atoms. The molecule has 1 aromatic carbocycles. The molecule has 0 aromatic heterocycles. The number of fused-ring (bicyclic) bond motifs is 1. The third-order valence-corrected chi connectivity index (χ3v) is 5.31. The van der Waals surface area contributed by atoms with Gasteiger partial charge in [0.15, 0.2) is 15.7 Å². The molecule has 0 bridgehead atoms. The average Bonchev–Trinajstić information content (AvgIpc) is 2.46. The zero-order valence-corrected chi connectivity index (χ0v) is 7.82. The lowest BCUT2D eigenvalue weighted by Gasteiger charge is -1.86. The van der Waals surface area contributed by atoms with Crippen LogP contribution in [-0.4, -0.2) is 10.4 Å². The Bertz CT molecular complexity index is 300. The SMILES string of the molecule is O=C(O)[S+]1Cc2ccccc2S1. The first kappa shape index (κ1) is 8.01. The van der Waals surface area contributed by atoms with E-state index in [0.29, 0.717) is 5.75 Å². The van der Waals surface area contributed by atoms with Crippen LogP contribution in [0.4, 0.5) is 4.79 Å². The maximum absolute atomic E-state index is 10.7. The monoisotopic (exact) mass is 199 g/mol. The maximum atomic E-state index is 10.7. The van der Waals surface area contributed by atoms with Crippen molar-refractivity contribution in [2.45, 2.75) is 10.6 Å². The van der Waals surface area contributed by atoms with E-state index in [4.69, 9.17) is 5.11 Å². The van der Waals surface area contributed by atoms with Crippen molar-refractivity contribution in [1.29, 1.82) is 0 Å². The number of hydrogen-bond acceptors (Lipinski definition) is 2. The molecule has 0 fully saturated rings. The normalized spacial score (nSPS) is 20.5. The molecule has 2 nitrogen and oxygen atoms in total. The molecule has 0 radical (unpaired) electrons. The van der Waals surface area contributed by atoms with Gasteiger partial charge in [0, 0.05) is 5.56 Å². The predicted octanol–water partition coefficient (Wildman–Crippen LogP) is 2.50. The fourth-order valence-corrected chi connectivity index (χ4v) is 4.47. The first-order chi connectivity index (χ1) is 5.77. The van der Waals surface area contributed by atoms with E-state index in [9.17, 15) is 4.79 Å². The van der Waals surface area contributed by atoms with Gasteiger partial charge >= 0.3 is 5.30 Å². The number of benzene rings is 1. The minimum atomic E-state index is -0.684. The van der Waals surface area contributed by atoms with Crippen molar-refractivity contribution in [1.82, 2.24) is 0 Å². The zero-order valence-electron chi connectivity index (χ0n) is 6.19. The Balaban J connectivity index is 2.27. The lowest BCUT2D eigenvalue weighted by Crippen LogP contribution is -2.05. The Morgan fingerprint density at radius 1 is 1.50 bits per heavy atom. The molecule has 1 atom stereocenters. The van der Waals surface area contributed by atoms with Crippen molar-refractivity contribution in [2.24, 2.45) is 0 Å². The van der Waals surface area contributed by atoms with Gasteiger partial charge in [0.25, 0.3) is 0 Å². The van der Waals surface area contributed by atoms with E-state index in [0.717, 1.165) is 4.90 Å². The van der Waals surface area contributed by atoms with Crippen LogP contribution >= 0.6 is 10.8 Å². The number of rotatable bonds is 0. The quantitative estimate of drug-likeness (QED) is 0.515. The highest BCUT2D eigenvalue weighted by Crippen LogP contribution is 2.40. The Labute approximate surface area is 76.7 Å². The molecule has 0 saturated carbocycles. The highest BCUT2D eigenvalue weighted by atomic mass is 33.1. The second kappa shape index (κ2) is 3.03. The Hall–Kier alpha value is -0.610. The summed E-state index contributed by atoms with van der Waals surface area (Å²) in [6, 6.07) is 7.88. The summed E-state index contributed by atoms with van der Waals surface area (Å²) >= 11 is 0. The summed E-state index contributed by atoms with van der Waals surface area (Å²) in [6.45, 7) is 0. The summed E-state index contributed by atoms with van der Waals surface area (Å²) in [5.74, 6) is 0.691. The summed E-state index contributed by atoms with van der Waals surface area (Å²) in [5, 5.41) is 8.09. The maximum Gasteiger partial charge on any atom is 0.536 e. The van der Waals surface area contributed by atoms with Gasteiger partial charge in [0.05, 0.1) is 4.90 Å². The molecule has 0 spiro atoms. The molecule has 1 heterocycles. The second-order valence-corrected chi connectivity index (χ2v) is 6.09. The third kappa shape index (κ3) is 1.32. The third-order valence-electron chi connectivity index (χ3n) is 1.64. The van der Waals surface area contributed by atoms with Crippen LogP contribution in [0, 0.1) is 0 Å². The van der Waals surface area contributed by atoms with Crippen molar-refractivity contribution in [3.05, 3.63) is 29.8 Å². The zero-order chi connectivity index (χ0) is 8.55. The molecule has 2 rings (SSSR count). The van der Waals surface area contributed by atoms with Crippen molar-refractivity contribution in [3.63, 3.8) is 0 Å². The average molecular weight is 199 g/mol. The number of hydrogen-bond donors (Lipinski definition) is 1.